The number of aromatic nitrogens is 1. The number of amides is 1. The summed E-state index contributed by atoms with van der Waals surface area (Å²) < 4.78 is 56.3. The van der Waals surface area contributed by atoms with Gasteiger partial charge in [0, 0.05) is 6.20 Å². The Labute approximate surface area is 127 Å². The minimum absolute atomic E-state index is 0.0820. The first kappa shape index (κ1) is 16.7. The second-order valence-corrected chi connectivity index (χ2v) is 4.52. The molecule has 1 heterocycles. The standard InChI is InChI=1S/C14H9F4N2O3/c1-7-4-9(15)2-3-11(7)23-13-10(12(21)20-22)5-8(6-19-13)14(16,17)18/h2-6H,1H3,(H-,20,21,22)/q-1. The molecule has 0 saturated heterocycles. The van der Waals surface area contributed by atoms with Gasteiger partial charge in [-0.3, -0.25) is 4.79 Å². The van der Waals surface area contributed by atoms with E-state index in [9.17, 15) is 27.6 Å². The number of rotatable bonds is 3. The van der Waals surface area contributed by atoms with Gasteiger partial charge < -0.3 is 15.4 Å². The molecule has 0 saturated carbocycles. The van der Waals surface area contributed by atoms with E-state index in [0.717, 1.165) is 17.6 Å². The molecule has 0 fully saturated rings. The van der Waals surface area contributed by atoms with E-state index >= 15 is 0 Å². The molecule has 0 bridgehead atoms. The lowest BCUT2D eigenvalue weighted by Gasteiger charge is -2.15. The lowest BCUT2D eigenvalue weighted by Crippen LogP contribution is -2.19. The van der Waals surface area contributed by atoms with Crippen LogP contribution in [0, 0.1) is 17.9 Å². The van der Waals surface area contributed by atoms with Crippen molar-refractivity contribution in [1.29, 1.82) is 0 Å². The summed E-state index contributed by atoms with van der Waals surface area (Å²) in [6.45, 7) is 1.50. The van der Waals surface area contributed by atoms with Crippen molar-refractivity contribution in [3.63, 3.8) is 0 Å². The van der Waals surface area contributed by atoms with Gasteiger partial charge in [-0.25, -0.2) is 9.37 Å². The Morgan fingerprint density at radius 1 is 1.30 bits per heavy atom. The number of carbonyl (C=O) groups excluding carboxylic acids is 1. The summed E-state index contributed by atoms with van der Waals surface area (Å²) in [5, 5.41) is 10.5. The Morgan fingerprint density at radius 3 is 2.57 bits per heavy atom. The number of nitrogens with one attached hydrogen (secondary N) is 1. The van der Waals surface area contributed by atoms with Gasteiger partial charge in [0.05, 0.1) is 5.56 Å². The summed E-state index contributed by atoms with van der Waals surface area (Å²) in [5.41, 5.74) is -0.584. The number of ether oxygens (including phenoxy) is 1. The van der Waals surface area contributed by atoms with Crippen molar-refractivity contribution in [2.24, 2.45) is 0 Å². The van der Waals surface area contributed by atoms with Crippen molar-refractivity contribution in [3.8, 4) is 11.6 Å². The Hall–Kier alpha value is -2.68. The molecule has 0 aliphatic rings. The van der Waals surface area contributed by atoms with Gasteiger partial charge in [-0.15, -0.1) is 0 Å². The van der Waals surface area contributed by atoms with E-state index in [1.54, 1.807) is 0 Å². The number of hydroxylamine groups is 1. The van der Waals surface area contributed by atoms with Gasteiger partial charge in [0.15, 0.2) is 0 Å². The first-order valence-electron chi connectivity index (χ1n) is 6.16. The molecule has 0 aliphatic carbocycles. The highest BCUT2D eigenvalue weighted by Gasteiger charge is 2.32. The van der Waals surface area contributed by atoms with E-state index in [4.69, 9.17) is 4.74 Å². The molecule has 1 aromatic heterocycles. The average Bonchev–Trinajstić information content (AvgIpc) is 2.48. The fourth-order valence-corrected chi connectivity index (χ4v) is 1.74. The Balaban J connectivity index is 2.47. The molecule has 23 heavy (non-hydrogen) atoms. The van der Waals surface area contributed by atoms with Crippen LogP contribution in [0.4, 0.5) is 17.6 Å². The normalized spacial score (nSPS) is 11.2. The zero-order valence-electron chi connectivity index (χ0n) is 11.6. The first-order chi connectivity index (χ1) is 10.7. The van der Waals surface area contributed by atoms with Crippen LogP contribution in [-0.4, -0.2) is 10.9 Å². The van der Waals surface area contributed by atoms with E-state index in [2.05, 4.69) is 4.98 Å². The molecule has 0 aliphatic heterocycles. The van der Waals surface area contributed by atoms with Gasteiger partial charge in [-0.05, 0) is 36.8 Å². The molecule has 0 unspecified atom stereocenters. The number of nitrogens with zero attached hydrogens (tertiary/aromatic N) is 1. The summed E-state index contributed by atoms with van der Waals surface area (Å²) >= 11 is 0. The maximum atomic E-state index is 13.0. The number of carbonyl (C=O) groups is 1. The van der Waals surface area contributed by atoms with Crippen molar-refractivity contribution >= 4 is 5.91 Å². The Bertz CT molecular complexity index is 747. The van der Waals surface area contributed by atoms with Gasteiger partial charge in [0.2, 0.25) is 11.8 Å². The minimum Gasteiger partial charge on any atom is -0.759 e. The molecular formula is C14H9F4N2O3-. The number of benzene rings is 1. The van der Waals surface area contributed by atoms with Crippen LogP contribution in [0.5, 0.6) is 11.6 Å². The van der Waals surface area contributed by atoms with Gasteiger partial charge in [-0.1, -0.05) is 0 Å². The molecule has 2 rings (SSSR count). The van der Waals surface area contributed by atoms with E-state index in [-0.39, 0.29) is 5.75 Å². The summed E-state index contributed by atoms with van der Waals surface area (Å²) in [6.07, 6.45) is -4.27. The summed E-state index contributed by atoms with van der Waals surface area (Å²) in [4.78, 5) is 14.9. The third kappa shape index (κ3) is 3.75. The van der Waals surface area contributed by atoms with Crippen molar-refractivity contribution in [2.75, 3.05) is 0 Å². The minimum atomic E-state index is -4.74. The van der Waals surface area contributed by atoms with Gasteiger partial charge in [0.1, 0.15) is 17.1 Å². The topological polar surface area (TPSA) is 74.3 Å². The number of hydrogen-bond acceptors (Lipinski definition) is 4. The van der Waals surface area contributed by atoms with Crippen LogP contribution in [0.2, 0.25) is 0 Å². The van der Waals surface area contributed by atoms with Crippen LogP contribution in [0.15, 0.2) is 30.5 Å². The highest BCUT2D eigenvalue weighted by Crippen LogP contribution is 2.33. The Morgan fingerprint density at radius 2 is 2.00 bits per heavy atom. The second-order valence-electron chi connectivity index (χ2n) is 4.52. The zero-order chi connectivity index (χ0) is 17.2. The van der Waals surface area contributed by atoms with E-state index in [1.165, 1.54) is 13.0 Å². The molecule has 122 valence electrons. The van der Waals surface area contributed by atoms with E-state index < -0.39 is 34.9 Å². The first-order valence-corrected chi connectivity index (χ1v) is 6.16. The molecule has 5 nitrogen and oxygen atoms in total. The van der Waals surface area contributed by atoms with Crippen LogP contribution >= 0.6 is 0 Å². The van der Waals surface area contributed by atoms with Crippen molar-refractivity contribution in [3.05, 3.63) is 58.2 Å². The van der Waals surface area contributed by atoms with Crippen LogP contribution in [-0.2, 0) is 6.18 Å². The van der Waals surface area contributed by atoms with Crippen molar-refractivity contribution in [2.45, 2.75) is 13.1 Å². The number of alkyl halides is 3. The van der Waals surface area contributed by atoms with Gasteiger partial charge in [0.25, 0.3) is 0 Å². The number of pyridine rings is 1. The van der Waals surface area contributed by atoms with Crippen molar-refractivity contribution in [1.82, 2.24) is 10.5 Å². The number of hydrogen-bond donors (Lipinski definition) is 1. The quantitative estimate of drug-likeness (QED) is 0.690. The number of halogens is 4. The van der Waals surface area contributed by atoms with E-state index in [0.29, 0.717) is 17.8 Å². The van der Waals surface area contributed by atoms with Gasteiger partial charge in [-0.2, -0.15) is 13.2 Å². The zero-order valence-corrected chi connectivity index (χ0v) is 11.6. The van der Waals surface area contributed by atoms with Crippen LogP contribution in [0.3, 0.4) is 0 Å². The largest absolute Gasteiger partial charge is 0.759 e. The predicted molar refractivity (Wildman–Crippen MR) is 71.3 cm³/mol. The molecule has 1 N–H and O–H groups in total. The molecular weight excluding hydrogens is 320 g/mol. The molecule has 9 heteroatoms. The fourth-order valence-electron chi connectivity index (χ4n) is 1.74. The Kier molecular flexibility index (Phi) is 4.50. The molecule has 0 atom stereocenters. The lowest BCUT2D eigenvalue weighted by atomic mass is 10.1. The molecule has 0 spiro atoms. The predicted octanol–water partition coefficient (Wildman–Crippen LogP) is 3.57. The monoisotopic (exact) mass is 329 g/mol. The van der Waals surface area contributed by atoms with Crippen LogP contribution in [0.1, 0.15) is 21.5 Å². The van der Waals surface area contributed by atoms with Crippen molar-refractivity contribution < 1.29 is 27.1 Å². The van der Waals surface area contributed by atoms with Gasteiger partial charge >= 0.3 is 6.18 Å². The highest BCUT2D eigenvalue weighted by molar-refractivity contribution is 5.96. The van der Waals surface area contributed by atoms with Crippen LogP contribution < -0.4 is 10.2 Å². The SMILES string of the molecule is Cc1cc(F)ccc1Oc1ncc(C(F)(F)F)cc1C(=O)N[O-]. The number of aryl methyl sites for hydroxylation is 1. The molecule has 1 aromatic carbocycles. The molecule has 2 aromatic rings. The summed E-state index contributed by atoms with van der Waals surface area (Å²) in [6, 6.07) is 3.88. The summed E-state index contributed by atoms with van der Waals surface area (Å²) in [5.74, 6) is -2.29. The maximum Gasteiger partial charge on any atom is 0.417 e. The molecule has 1 amide bonds. The van der Waals surface area contributed by atoms with E-state index in [1.807, 2.05) is 0 Å². The second kappa shape index (κ2) is 6.21. The highest BCUT2D eigenvalue weighted by atomic mass is 19.4. The third-order valence-corrected chi connectivity index (χ3v) is 2.86. The maximum absolute atomic E-state index is 13.0. The molecule has 0 radical (unpaired) electrons. The smallest absolute Gasteiger partial charge is 0.417 e. The fraction of sp³-hybridized carbons (Fsp3) is 0.143. The average molecular weight is 329 g/mol. The summed E-state index contributed by atoms with van der Waals surface area (Å²) in [7, 11) is 0. The lowest BCUT2D eigenvalue weighted by molar-refractivity contribution is -0.137. The van der Waals surface area contributed by atoms with Crippen LogP contribution in [0.25, 0.3) is 0 Å². The third-order valence-electron chi connectivity index (χ3n) is 2.86.